The number of nitrogens with zero attached hydrogens (tertiary/aromatic N) is 1. The molecule has 14 heteroatoms. The molecule has 10 atom stereocenters. The van der Waals surface area contributed by atoms with Gasteiger partial charge in [0.15, 0.2) is 12.4 Å². The standard InChI is InChI=1S/C71H69NO13/c1-74-57-37-39-58(40-38-57)81-70-67(79-46-54-30-16-6-17-31-54)66(78-45-53-28-14-5-15-29-53)64(62(83-70)49-76-43-51-24-10-3-11-25-51)85-71-68(80-47-55-32-18-7-19-33-55)65(77-44-52-26-12-4-13-27-52)63(84-71)61(48-75-42-50-22-8-2-9-23-50)82-69(73)60-41-36-56-34-20-21-35-59(56)72-60/h2-41,61-68,70-71H,42-49H2,1H3/t61-,62+,63-,64-,65-,66-,67+,68+,70+,71?/m0/s1. The largest absolute Gasteiger partial charge is 0.497 e. The van der Waals surface area contributed by atoms with Gasteiger partial charge in [0.05, 0.1) is 65.5 Å². The Morgan fingerprint density at radius 2 is 0.882 bits per heavy atom. The molecule has 2 aliphatic rings. The maximum Gasteiger partial charge on any atom is 0.357 e. The van der Waals surface area contributed by atoms with Crippen molar-refractivity contribution in [1.82, 2.24) is 4.98 Å². The van der Waals surface area contributed by atoms with Crippen LogP contribution in [0.2, 0.25) is 0 Å². The average Bonchev–Trinajstić information content (AvgIpc) is 2.68. The minimum absolute atomic E-state index is 0.0184. The van der Waals surface area contributed by atoms with Gasteiger partial charge >= 0.3 is 5.97 Å². The number of fused-ring (bicyclic) bond motifs is 1. The molecular formula is C71H69NO13. The highest BCUT2D eigenvalue weighted by Gasteiger charge is 2.56. The summed E-state index contributed by atoms with van der Waals surface area (Å²) < 4.78 is 82.4. The molecule has 0 amide bonds. The predicted octanol–water partition coefficient (Wildman–Crippen LogP) is 12.5. The van der Waals surface area contributed by atoms with E-state index in [1.807, 2.05) is 237 Å². The molecule has 0 N–H and O–H groups in total. The smallest absolute Gasteiger partial charge is 0.357 e. The molecular weight excluding hydrogens is 1070 g/mol. The van der Waals surface area contributed by atoms with E-state index >= 15 is 0 Å². The van der Waals surface area contributed by atoms with Crippen LogP contribution in [-0.2, 0) is 87.0 Å². The van der Waals surface area contributed by atoms with Crippen LogP contribution in [0.25, 0.3) is 10.9 Å². The molecule has 0 bridgehead atoms. The highest BCUT2D eigenvalue weighted by Crippen LogP contribution is 2.38. The van der Waals surface area contributed by atoms with Gasteiger partial charge in [-0.2, -0.15) is 0 Å². The highest BCUT2D eigenvalue weighted by molar-refractivity contribution is 5.91. The van der Waals surface area contributed by atoms with Crippen molar-refractivity contribution in [3.05, 3.63) is 282 Å². The summed E-state index contributed by atoms with van der Waals surface area (Å²) in [5.74, 6) is 0.490. The molecule has 2 aliphatic heterocycles. The Bertz CT molecular complexity index is 3410. The topological polar surface area (TPSA) is 141 Å². The SMILES string of the molecule is COc1ccc(O[C@@H]2O[C@H](COCc3ccccc3)[C@H](OC3O[C@@H]([C@H](COCc4ccccc4)OC(=O)c4ccc5ccccc5n4)[C@H](OCc4ccccc4)[C@H]3OCc3ccccc3)[C@H](OCc3ccccc3)[C@H]2OCc2ccccc2)cc1. The van der Waals surface area contributed by atoms with Crippen LogP contribution < -0.4 is 9.47 Å². The van der Waals surface area contributed by atoms with Gasteiger partial charge in [-0.3, -0.25) is 0 Å². The van der Waals surface area contributed by atoms with Crippen LogP contribution in [0.5, 0.6) is 11.5 Å². The lowest BCUT2D eigenvalue weighted by atomic mass is 9.97. The lowest BCUT2D eigenvalue weighted by Gasteiger charge is -2.46. The van der Waals surface area contributed by atoms with Gasteiger partial charge in [-0.05, 0) is 69.8 Å². The van der Waals surface area contributed by atoms with Crippen LogP contribution in [0.1, 0.15) is 43.9 Å². The summed E-state index contributed by atoms with van der Waals surface area (Å²) in [5.41, 5.74) is 6.27. The Balaban J connectivity index is 1.00. The van der Waals surface area contributed by atoms with Crippen LogP contribution in [0.15, 0.2) is 243 Å². The van der Waals surface area contributed by atoms with E-state index in [9.17, 15) is 4.79 Å². The number of hydrogen-bond acceptors (Lipinski definition) is 14. The fourth-order valence-corrected chi connectivity index (χ4v) is 10.4. The first-order valence-corrected chi connectivity index (χ1v) is 28.7. The molecule has 2 saturated heterocycles. The van der Waals surface area contributed by atoms with Gasteiger partial charge in [0.25, 0.3) is 0 Å². The summed E-state index contributed by atoms with van der Waals surface area (Å²) in [4.78, 5) is 19.4. The van der Waals surface area contributed by atoms with Crippen LogP contribution in [0.4, 0.5) is 0 Å². The molecule has 0 spiro atoms. The second kappa shape index (κ2) is 30.1. The lowest BCUT2D eigenvalue weighted by Crippen LogP contribution is -2.63. The number of rotatable bonds is 28. The zero-order chi connectivity index (χ0) is 57.8. The number of carbonyl (C=O) groups excluding carboxylic acids is 1. The van der Waals surface area contributed by atoms with Gasteiger partial charge in [0.2, 0.25) is 6.29 Å². The first-order chi connectivity index (χ1) is 42.0. The molecule has 0 saturated carbocycles. The maximum atomic E-state index is 14.7. The number of carbonyl (C=O) groups is 1. The van der Waals surface area contributed by atoms with E-state index in [1.165, 1.54) is 0 Å². The minimum Gasteiger partial charge on any atom is -0.497 e. The summed E-state index contributed by atoms with van der Waals surface area (Å²) in [5, 5.41) is 0.876. The Kier molecular flexibility index (Phi) is 20.8. The van der Waals surface area contributed by atoms with Crippen molar-refractivity contribution in [2.75, 3.05) is 20.3 Å². The molecule has 436 valence electrons. The van der Waals surface area contributed by atoms with Crippen molar-refractivity contribution in [1.29, 1.82) is 0 Å². The monoisotopic (exact) mass is 1140 g/mol. The van der Waals surface area contributed by atoms with Gasteiger partial charge < -0.3 is 56.8 Å². The minimum atomic E-state index is -1.24. The molecule has 8 aromatic carbocycles. The summed E-state index contributed by atoms with van der Waals surface area (Å²) in [6.45, 7) is 1.02. The molecule has 1 aromatic heterocycles. The normalized spacial score (nSPS) is 21.5. The van der Waals surface area contributed by atoms with Crippen LogP contribution in [-0.4, -0.2) is 92.7 Å². The van der Waals surface area contributed by atoms with Crippen molar-refractivity contribution in [3.63, 3.8) is 0 Å². The molecule has 11 rings (SSSR count). The predicted molar refractivity (Wildman–Crippen MR) is 319 cm³/mol. The Morgan fingerprint density at radius 3 is 1.41 bits per heavy atom. The zero-order valence-electron chi connectivity index (χ0n) is 47.3. The number of pyridine rings is 1. The van der Waals surface area contributed by atoms with Crippen molar-refractivity contribution < 1.29 is 61.6 Å². The molecule has 85 heavy (non-hydrogen) atoms. The third kappa shape index (κ3) is 16.2. The average molecular weight is 1140 g/mol. The number of aromatic nitrogens is 1. The van der Waals surface area contributed by atoms with E-state index in [-0.39, 0.29) is 58.5 Å². The van der Waals surface area contributed by atoms with Crippen molar-refractivity contribution in [2.45, 2.75) is 101 Å². The van der Waals surface area contributed by atoms with Gasteiger partial charge in [-0.15, -0.1) is 0 Å². The van der Waals surface area contributed by atoms with E-state index in [0.29, 0.717) is 17.0 Å². The fraction of sp³-hybridized carbons (Fsp3) is 0.268. The zero-order valence-corrected chi connectivity index (χ0v) is 47.3. The molecule has 0 radical (unpaired) electrons. The third-order valence-corrected chi connectivity index (χ3v) is 14.8. The summed E-state index contributed by atoms with van der Waals surface area (Å²) in [7, 11) is 1.61. The van der Waals surface area contributed by atoms with E-state index in [0.717, 1.165) is 38.8 Å². The Labute approximate surface area is 496 Å². The second-order valence-corrected chi connectivity index (χ2v) is 20.8. The number of ether oxygens (including phenoxy) is 12. The number of hydrogen-bond donors (Lipinski definition) is 0. The third-order valence-electron chi connectivity index (χ3n) is 14.8. The van der Waals surface area contributed by atoms with Crippen LogP contribution in [0, 0.1) is 0 Å². The maximum absolute atomic E-state index is 14.7. The quantitative estimate of drug-likeness (QED) is 0.0430. The molecule has 2 fully saturated rings. The van der Waals surface area contributed by atoms with Crippen LogP contribution >= 0.6 is 0 Å². The first kappa shape index (κ1) is 58.6. The molecule has 9 aromatic rings. The van der Waals surface area contributed by atoms with E-state index in [1.54, 1.807) is 13.2 Å². The lowest BCUT2D eigenvalue weighted by molar-refractivity contribution is -0.334. The summed E-state index contributed by atoms with van der Waals surface area (Å²) in [6.07, 6.45) is -10.2. The Hall–Kier alpha value is -8.12. The van der Waals surface area contributed by atoms with Crippen molar-refractivity contribution >= 4 is 16.9 Å². The summed E-state index contributed by atoms with van der Waals surface area (Å²) in [6, 6.07) is 77.5. The summed E-state index contributed by atoms with van der Waals surface area (Å²) >= 11 is 0. The number of benzene rings is 8. The second-order valence-electron chi connectivity index (χ2n) is 20.8. The number of para-hydroxylation sites is 1. The molecule has 14 nitrogen and oxygen atoms in total. The highest BCUT2D eigenvalue weighted by atomic mass is 16.8. The van der Waals surface area contributed by atoms with Gasteiger partial charge in [0.1, 0.15) is 59.9 Å². The molecule has 0 aliphatic carbocycles. The molecule has 3 heterocycles. The van der Waals surface area contributed by atoms with Gasteiger partial charge in [-0.25, -0.2) is 9.78 Å². The fourth-order valence-electron chi connectivity index (χ4n) is 10.4. The van der Waals surface area contributed by atoms with Crippen molar-refractivity contribution in [2.24, 2.45) is 0 Å². The number of methoxy groups -OCH3 is 1. The molecule has 1 unspecified atom stereocenters. The van der Waals surface area contributed by atoms with Gasteiger partial charge in [-0.1, -0.05) is 206 Å². The first-order valence-electron chi connectivity index (χ1n) is 28.7. The van der Waals surface area contributed by atoms with E-state index in [4.69, 9.17) is 61.8 Å². The number of esters is 1. The van der Waals surface area contributed by atoms with Gasteiger partial charge in [0, 0.05) is 5.39 Å². The van der Waals surface area contributed by atoms with Crippen LogP contribution in [0.3, 0.4) is 0 Å². The van der Waals surface area contributed by atoms with Crippen molar-refractivity contribution in [3.8, 4) is 11.5 Å². The Morgan fingerprint density at radius 1 is 0.435 bits per heavy atom. The van der Waals surface area contributed by atoms with E-state index < -0.39 is 67.4 Å². The van der Waals surface area contributed by atoms with E-state index in [2.05, 4.69) is 0 Å².